The van der Waals surface area contributed by atoms with Crippen LogP contribution in [-0.4, -0.2) is 28.4 Å². The highest BCUT2D eigenvalue weighted by molar-refractivity contribution is 5.91. The van der Waals surface area contributed by atoms with Gasteiger partial charge < -0.3 is 15.8 Å². The van der Waals surface area contributed by atoms with Crippen molar-refractivity contribution in [2.24, 2.45) is 16.8 Å². The minimum absolute atomic E-state index is 0.0492. The Morgan fingerprint density at radius 1 is 1.61 bits per heavy atom. The Bertz CT molecular complexity index is 485. The highest BCUT2D eigenvalue weighted by Gasteiger charge is 2.32. The quantitative estimate of drug-likeness (QED) is 0.363. The van der Waals surface area contributed by atoms with Gasteiger partial charge in [-0.3, -0.25) is 4.79 Å². The van der Waals surface area contributed by atoms with Crippen LogP contribution >= 0.6 is 0 Å². The molecular formula is C13H17N3O2. The molecule has 1 atom stereocenters. The summed E-state index contributed by atoms with van der Waals surface area (Å²) in [4.78, 5) is 13.6. The maximum absolute atomic E-state index is 11.8. The van der Waals surface area contributed by atoms with Crippen molar-refractivity contribution < 1.29 is 10.0 Å². The molecule has 5 heteroatoms. The lowest BCUT2D eigenvalue weighted by Gasteiger charge is -2.16. The number of carbonyl (C=O) groups excluding carboxylic acids is 1. The van der Waals surface area contributed by atoms with Crippen molar-refractivity contribution in [2.75, 3.05) is 6.54 Å². The van der Waals surface area contributed by atoms with Crippen molar-refractivity contribution in [1.29, 1.82) is 0 Å². The van der Waals surface area contributed by atoms with Gasteiger partial charge in [0.25, 0.3) is 0 Å². The first-order chi connectivity index (χ1) is 8.60. The molecule has 1 amide bonds. The lowest BCUT2D eigenvalue weighted by molar-refractivity contribution is -0.128. The highest BCUT2D eigenvalue weighted by atomic mass is 16.4. The fourth-order valence-electron chi connectivity index (χ4n) is 2.24. The van der Waals surface area contributed by atoms with Crippen molar-refractivity contribution in [1.82, 2.24) is 4.90 Å². The number of hydrogen-bond donors (Lipinski definition) is 2. The molecule has 0 bridgehead atoms. The van der Waals surface area contributed by atoms with E-state index in [9.17, 15) is 4.79 Å². The van der Waals surface area contributed by atoms with Crippen LogP contribution in [0.15, 0.2) is 29.4 Å². The first kappa shape index (κ1) is 12.4. The van der Waals surface area contributed by atoms with E-state index in [2.05, 4.69) is 11.2 Å². The van der Waals surface area contributed by atoms with Crippen LogP contribution in [0.2, 0.25) is 0 Å². The number of nitrogens with zero attached hydrogens (tertiary/aromatic N) is 2. The molecule has 1 aliphatic heterocycles. The number of oxime groups is 1. The second-order valence-corrected chi connectivity index (χ2v) is 4.69. The Balaban J connectivity index is 2.05. The van der Waals surface area contributed by atoms with Crippen LogP contribution in [0.5, 0.6) is 0 Å². The Hall–Kier alpha value is -2.04. The molecular weight excluding hydrogens is 230 g/mol. The third kappa shape index (κ3) is 2.61. The van der Waals surface area contributed by atoms with Gasteiger partial charge in [0.05, 0.1) is 0 Å². The zero-order valence-corrected chi connectivity index (χ0v) is 10.3. The number of hydrogen-bond acceptors (Lipinski definition) is 3. The van der Waals surface area contributed by atoms with E-state index >= 15 is 0 Å². The SMILES string of the molecule is Cc1cccc(CN2CC(C(N)=NO)CC2=O)c1. The monoisotopic (exact) mass is 247 g/mol. The normalized spacial score (nSPS) is 20.5. The first-order valence-corrected chi connectivity index (χ1v) is 5.91. The molecule has 0 saturated carbocycles. The summed E-state index contributed by atoms with van der Waals surface area (Å²) < 4.78 is 0. The van der Waals surface area contributed by atoms with Crippen LogP contribution in [0.25, 0.3) is 0 Å². The topological polar surface area (TPSA) is 78.9 Å². The molecule has 0 aliphatic carbocycles. The maximum atomic E-state index is 11.8. The van der Waals surface area contributed by atoms with Gasteiger partial charge in [-0.25, -0.2) is 0 Å². The van der Waals surface area contributed by atoms with Gasteiger partial charge in [0, 0.05) is 25.4 Å². The first-order valence-electron chi connectivity index (χ1n) is 5.91. The van der Waals surface area contributed by atoms with Crippen molar-refractivity contribution in [3.05, 3.63) is 35.4 Å². The van der Waals surface area contributed by atoms with E-state index in [1.807, 2.05) is 25.1 Å². The Morgan fingerprint density at radius 2 is 2.39 bits per heavy atom. The van der Waals surface area contributed by atoms with Gasteiger partial charge in [-0.2, -0.15) is 0 Å². The molecule has 1 aromatic carbocycles. The largest absolute Gasteiger partial charge is 0.409 e. The van der Waals surface area contributed by atoms with Crippen molar-refractivity contribution in [3.8, 4) is 0 Å². The Labute approximate surface area is 106 Å². The number of carbonyl (C=O) groups is 1. The molecule has 1 aliphatic rings. The van der Waals surface area contributed by atoms with E-state index in [1.54, 1.807) is 4.90 Å². The van der Waals surface area contributed by atoms with Gasteiger partial charge >= 0.3 is 0 Å². The molecule has 18 heavy (non-hydrogen) atoms. The number of rotatable bonds is 3. The minimum Gasteiger partial charge on any atom is -0.409 e. The number of nitrogens with two attached hydrogens (primary N) is 1. The molecule has 3 N–H and O–H groups in total. The highest BCUT2D eigenvalue weighted by Crippen LogP contribution is 2.20. The fraction of sp³-hybridized carbons (Fsp3) is 0.385. The van der Waals surface area contributed by atoms with E-state index < -0.39 is 0 Å². The molecule has 0 spiro atoms. The average molecular weight is 247 g/mol. The lowest BCUT2D eigenvalue weighted by atomic mass is 10.1. The van der Waals surface area contributed by atoms with E-state index in [-0.39, 0.29) is 17.7 Å². The molecule has 1 unspecified atom stereocenters. The Morgan fingerprint density at radius 3 is 3.06 bits per heavy atom. The number of amidine groups is 1. The number of likely N-dealkylation sites (tertiary alicyclic amines) is 1. The standard InChI is InChI=1S/C13H17N3O2/c1-9-3-2-4-10(5-9)7-16-8-11(6-12(16)17)13(14)15-18/h2-5,11,18H,6-8H2,1H3,(H2,14,15). The third-order valence-electron chi connectivity index (χ3n) is 3.20. The van der Waals surface area contributed by atoms with Crippen LogP contribution in [0.4, 0.5) is 0 Å². The molecule has 1 fully saturated rings. The van der Waals surface area contributed by atoms with Crippen LogP contribution in [0.1, 0.15) is 17.5 Å². The van der Waals surface area contributed by atoms with Gasteiger partial charge in [0.2, 0.25) is 5.91 Å². The number of amides is 1. The predicted octanol–water partition coefficient (Wildman–Crippen LogP) is 1.09. The van der Waals surface area contributed by atoms with Gasteiger partial charge in [-0.05, 0) is 12.5 Å². The fourth-order valence-corrected chi connectivity index (χ4v) is 2.24. The van der Waals surface area contributed by atoms with Crippen LogP contribution < -0.4 is 5.73 Å². The summed E-state index contributed by atoms with van der Waals surface area (Å²) in [6, 6.07) is 8.06. The second-order valence-electron chi connectivity index (χ2n) is 4.69. The van der Waals surface area contributed by atoms with E-state index in [4.69, 9.17) is 10.9 Å². The van der Waals surface area contributed by atoms with Crippen LogP contribution in [-0.2, 0) is 11.3 Å². The maximum Gasteiger partial charge on any atom is 0.223 e. The second kappa shape index (κ2) is 5.08. The van der Waals surface area contributed by atoms with Gasteiger partial charge in [-0.15, -0.1) is 0 Å². The van der Waals surface area contributed by atoms with Crippen molar-refractivity contribution >= 4 is 11.7 Å². The third-order valence-corrected chi connectivity index (χ3v) is 3.20. The summed E-state index contributed by atoms with van der Waals surface area (Å²) in [5.41, 5.74) is 7.82. The van der Waals surface area contributed by atoms with Gasteiger partial charge in [-0.1, -0.05) is 35.0 Å². The zero-order chi connectivity index (χ0) is 13.1. The number of benzene rings is 1. The van der Waals surface area contributed by atoms with E-state index in [0.29, 0.717) is 19.5 Å². The van der Waals surface area contributed by atoms with Crippen LogP contribution in [0.3, 0.4) is 0 Å². The van der Waals surface area contributed by atoms with E-state index in [1.165, 1.54) is 5.56 Å². The minimum atomic E-state index is -0.174. The summed E-state index contributed by atoms with van der Waals surface area (Å²) in [7, 11) is 0. The molecule has 0 aromatic heterocycles. The zero-order valence-electron chi connectivity index (χ0n) is 10.3. The lowest BCUT2D eigenvalue weighted by Crippen LogP contribution is -2.28. The smallest absolute Gasteiger partial charge is 0.223 e. The average Bonchev–Trinajstić information content (AvgIpc) is 2.70. The van der Waals surface area contributed by atoms with Crippen LogP contribution in [0, 0.1) is 12.8 Å². The van der Waals surface area contributed by atoms with Crippen molar-refractivity contribution in [3.63, 3.8) is 0 Å². The molecule has 2 rings (SSSR count). The molecule has 1 heterocycles. The molecule has 0 radical (unpaired) electrons. The summed E-state index contributed by atoms with van der Waals surface area (Å²) >= 11 is 0. The summed E-state index contributed by atoms with van der Waals surface area (Å²) in [5, 5.41) is 11.6. The molecule has 96 valence electrons. The van der Waals surface area contributed by atoms with E-state index in [0.717, 1.165) is 5.56 Å². The van der Waals surface area contributed by atoms with Gasteiger partial charge in [0.15, 0.2) is 0 Å². The Kier molecular flexibility index (Phi) is 3.50. The summed E-state index contributed by atoms with van der Waals surface area (Å²) in [6.07, 6.45) is 0.321. The number of aryl methyl sites for hydroxylation is 1. The molecule has 5 nitrogen and oxygen atoms in total. The molecule has 1 aromatic rings. The predicted molar refractivity (Wildman–Crippen MR) is 68.1 cm³/mol. The summed E-state index contributed by atoms with van der Waals surface area (Å²) in [6.45, 7) is 3.12. The molecule has 1 saturated heterocycles. The summed E-state index contributed by atoms with van der Waals surface area (Å²) in [5.74, 6) is 0.00973. The van der Waals surface area contributed by atoms with Gasteiger partial charge in [0.1, 0.15) is 5.84 Å². The van der Waals surface area contributed by atoms with Crippen molar-refractivity contribution in [2.45, 2.75) is 19.9 Å².